The van der Waals surface area contributed by atoms with Crippen molar-refractivity contribution >= 4 is 5.97 Å². The maximum atomic E-state index is 10.7. The topological polar surface area (TPSA) is 26.3 Å². The highest BCUT2D eigenvalue weighted by Crippen LogP contribution is 2.37. The van der Waals surface area contributed by atoms with E-state index in [1.807, 2.05) is 0 Å². The molecule has 1 atom stereocenters. The lowest BCUT2D eigenvalue weighted by molar-refractivity contribution is -0.137. The summed E-state index contributed by atoms with van der Waals surface area (Å²) in [4.78, 5) is 10.7. The summed E-state index contributed by atoms with van der Waals surface area (Å²) < 4.78 is 4.88. The van der Waals surface area contributed by atoms with Crippen LogP contribution in [0.3, 0.4) is 0 Å². The lowest BCUT2D eigenvalue weighted by atomic mass is 9.75. The van der Waals surface area contributed by atoms with Crippen LogP contribution in [0.5, 0.6) is 0 Å². The Kier molecular flexibility index (Phi) is 1.40. The molecule has 1 saturated heterocycles. The molecule has 2 heteroatoms. The van der Waals surface area contributed by atoms with Crippen LogP contribution in [-0.2, 0) is 9.53 Å². The molecule has 0 aromatic heterocycles. The number of rotatable bonds is 1. The average Bonchev–Trinajstić information content (AvgIpc) is 2.10. The maximum absolute atomic E-state index is 10.7. The zero-order valence-corrected chi connectivity index (χ0v) is 6.01. The monoisotopic (exact) mass is 140 g/mol. The molecule has 1 unspecified atom stereocenters. The fourth-order valence-electron chi connectivity index (χ4n) is 1.75. The van der Waals surface area contributed by atoms with Crippen LogP contribution in [0.15, 0.2) is 0 Å². The molecule has 2 aliphatic rings. The first-order chi connectivity index (χ1) is 4.86. The molecule has 0 bridgehead atoms. The van der Waals surface area contributed by atoms with E-state index in [1.54, 1.807) is 0 Å². The molecule has 0 aromatic carbocycles. The Morgan fingerprint density at radius 3 is 2.50 bits per heavy atom. The van der Waals surface area contributed by atoms with Crippen molar-refractivity contribution in [1.82, 2.24) is 0 Å². The number of carbonyl (C=O) groups excluding carboxylic acids is 1. The molecule has 56 valence electrons. The predicted molar refractivity (Wildman–Crippen MR) is 36.4 cm³/mol. The van der Waals surface area contributed by atoms with Crippen molar-refractivity contribution in [1.29, 1.82) is 0 Å². The minimum Gasteiger partial charge on any atom is -0.465 e. The van der Waals surface area contributed by atoms with Gasteiger partial charge in [0.25, 0.3) is 0 Å². The largest absolute Gasteiger partial charge is 0.465 e. The van der Waals surface area contributed by atoms with Gasteiger partial charge in [0.1, 0.15) is 0 Å². The summed E-state index contributed by atoms with van der Waals surface area (Å²) >= 11 is 0. The lowest BCUT2D eigenvalue weighted by Gasteiger charge is -2.29. The van der Waals surface area contributed by atoms with Crippen molar-refractivity contribution in [3.63, 3.8) is 0 Å². The van der Waals surface area contributed by atoms with Crippen molar-refractivity contribution < 1.29 is 9.53 Å². The highest BCUT2D eigenvalue weighted by molar-refractivity contribution is 5.71. The zero-order chi connectivity index (χ0) is 6.97. The Bertz CT molecular complexity index is 149. The number of cyclic esters (lactones) is 1. The van der Waals surface area contributed by atoms with E-state index in [0.29, 0.717) is 18.9 Å². The summed E-state index contributed by atoms with van der Waals surface area (Å²) in [5.41, 5.74) is 0. The van der Waals surface area contributed by atoms with E-state index >= 15 is 0 Å². The van der Waals surface area contributed by atoms with Crippen LogP contribution in [-0.4, -0.2) is 12.6 Å². The summed E-state index contributed by atoms with van der Waals surface area (Å²) in [7, 11) is 0. The first-order valence-corrected chi connectivity index (χ1v) is 4.02. The second kappa shape index (κ2) is 2.26. The van der Waals surface area contributed by atoms with Gasteiger partial charge in [-0.3, -0.25) is 4.79 Å². The van der Waals surface area contributed by atoms with E-state index in [4.69, 9.17) is 4.74 Å². The Morgan fingerprint density at radius 2 is 2.10 bits per heavy atom. The number of hydrogen-bond acceptors (Lipinski definition) is 2. The first kappa shape index (κ1) is 6.20. The summed E-state index contributed by atoms with van der Waals surface area (Å²) in [6.45, 7) is 0.698. The van der Waals surface area contributed by atoms with Crippen LogP contribution < -0.4 is 0 Å². The van der Waals surface area contributed by atoms with Gasteiger partial charge in [-0.1, -0.05) is 19.3 Å². The SMILES string of the molecule is O=C1CC(C2CCC2)CO1. The Balaban J connectivity index is 1.88. The van der Waals surface area contributed by atoms with Crippen LogP contribution >= 0.6 is 0 Å². The third-order valence-electron chi connectivity index (χ3n) is 2.70. The molecule has 0 N–H and O–H groups in total. The lowest BCUT2D eigenvalue weighted by Crippen LogP contribution is -2.21. The maximum Gasteiger partial charge on any atom is 0.306 e. The average molecular weight is 140 g/mol. The molecule has 0 aromatic rings. The van der Waals surface area contributed by atoms with Gasteiger partial charge in [-0.25, -0.2) is 0 Å². The van der Waals surface area contributed by atoms with Gasteiger partial charge >= 0.3 is 5.97 Å². The van der Waals surface area contributed by atoms with Gasteiger partial charge in [0.05, 0.1) is 13.0 Å². The third-order valence-corrected chi connectivity index (χ3v) is 2.70. The minimum absolute atomic E-state index is 0.0110. The summed E-state index contributed by atoms with van der Waals surface area (Å²) in [5, 5.41) is 0. The number of esters is 1. The molecule has 2 fully saturated rings. The van der Waals surface area contributed by atoms with E-state index in [9.17, 15) is 4.79 Å². The van der Waals surface area contributed by atoms with E-state index in [1.165, 1.54) is 19.3 Å². The number of ether oxygens (including phenoxy) is 1. The highest BCUT2D eigenvalue weighted by Gasteiger charge is 2.33. The molecule has 0 spiro atoms. The highest BCUT2D eigenvalue weighted by atomic mass is 16.5. The van der Waals surface area contributed by atoms with Crippen molar-refractivity contribution in [2.24, 2.45) is 11.8 Å². The van der Waals surface area contributed by atoms with Gasteiger partial charge in [-0.15, -0.1) is 0 Å². The second-order valence-corrected chi connectivity index (χ2v) is 3.34. The van der Waals surface area contributed by atoms with Crippen LogP contribution in [0.4, 0.5) is 0 Å². The van der Waals surface area contributed by atoms with Crippen molar-refractivity contribution in [3.05, 3.63) is 0 Å². The van der Waals surface area contributed by atoms with Crippen LogP contribution in [0.2, 0.25) is 0 Å². The van der Waals surface area contributed by atoms with Gasteiger partial charge in [-0.05, 0) is 5.92 Å². The van der Waals surface area contributed by atoms with Crippen LogP contribution in [0.25, 0.3) is 0 Å². The van der Waals surface area contributed by atoms with Gasteiger partial charge < -0.3 is 4.74 Å². The van der Waals surface area contributed by atoms with Crippen LogP contribution in [0, 0.1) is 11.8 Å². The first-order valence-electron chi connectivity index (χ1n) is 4.02. The molecule has 2 nitrogen and oxygen atoms in total. The van der Waals surface area contributed by atoms with Gasteiger partial charge in [0.15, 0.2) is 0 Å². The van der Waals surface area contributed by atoms with Gasteiger partial charge in [-0.2, -0.15) is 0 Å². The number of hydrogen-bond donors (Lipinski definition) is 0. The molecule has 0 amide bonds. The molecule has 1 aliphatic heterocycles. The molecule has 1 heterocycles. The predicted octanol–water partition coefficient (Wildman–Crippen LogP) is 1.35. The van der Waals surface area contributed by atoms with E-state index in [0.717, 1.165) is 5.92 Å². The zero-order valence-electron chi connectivity index (χ0n) is 6.01. The third kappa shape index (κ3) is 0.917. The smallest absolute Gasteiger partial charge is 0.306 e. The fraction of sp³-hybridized carbons (Fsp3) is 0.875. The molecule has 0 radical (unpaired) electrons. The van der Waals surface area contributed by atoms with E-state index in [2.05, 4.69) is 0 Å². The molecular formula is C8H12O2. The van der Waals surface area contributed by atoms with Crippen LogP contribution in [0.1, 0.15) is 25.7 Å². The molecule has 1 saturated carbocycles. The van der Waals surface area contributed by atoms with Gasteiger partial charge in [0.2, 0.25) is 0 Å². The van der Waals surface area contributed by atoms with E-state index < -0.39 is 0 Å². The van der Waals surface area contributed by atoms with Crippen molar-refractivity contribution in [2.45, 2.75) is 25.7 Å². The minimum atomic E-state index is 0.0110. The quantitative estimate of drug-likeness (QED) is 0.514. The summed E-state index contributed by atoms with van der Waals surface area (Å²) in [5.74, 6) is 1.39. The molecule has 2 rings (SSSR count). The summed E-state index contributed by atoms with van der Waals surface area (Å²) in [6.07, 6.45) is 4.68. The van der Waals surface area contributed by atoms with Crippen molar-refractivity contribution in [2.75, 3.05) is 6.61 Å². The standard InChI is InChI=1S/C8H12O2/c9-8-4-7(5-10-8)6-2-1-3-6/h6-7H,1-5H2. The normalized spacial score (nSPS) is 33.6. The molecular weight excluding hydrogens is 128 g/mol. The van der Waals surface area contributed by atoms with Gasteiger partial charge in [0, 0.05) is 5.92 Å². The Morgan fingerprint density at radius 1 is 1.30 bits per heavy atom. The molecule has 1 aliphatic carbocycles. The van der Waals surface area contributed by atoms with E-state index in [-0.39, 0.29) is 5.97 Å². The Labute approximate surface area is 60.6 Å². The summed E-state index contributed by atoms with van der Waals surface area (Å²) in [6, 6.07) is 0. The molecule has 10 heavy (non-hydrogen) atoms. The fourth-order valence-corrected chi connectivity index (χ4v) is 1.75. The number of carbonyl (C=O) groups is 1. The Hall–Kier alpha value is -0.530. The van der Waals surface area contributed by atoms with Crippen molar-refractivity contribution in [3.8, 4) is 0 Å². The second-order valence-electron chi connectivity index (χ2n) is 3.34.